The van der Waals surface area contributed by atoms with Crippen molar-refractivity contribution in [2.45, 2.75) is 39.2 Å². The number of carbonyl (C=O) groups is 2. The number of ether oxygens (including phenoxy) is 2. The Kier molecular flexibility index (Phi) is 6.42. The minimum absolute atomic E-state index is 0.0362. The lowest BCUT2D eigenvalue weighted by atomic mass is 9.86. The van der Waals surface area contributed by atoms with Crippen molar-refractivity contribution >= 4 is 11.9 Å². The molecule has 0 spiro atoms. The molecule has 0 aromatic heterocycles. The first-order valence-corrected chi connectivity index (χ1v) is 8.64. The summed E-state index contributed by atoms with van der Waals surface area (Å²) in [7, 11) is 0. The molecule has 25 heavy (non-hydrogen) atoms. The van der Waals surface area contributed by atoms with Crippen molar-refractivity contribution in [3.63, 3.8) is 0 Å². The first-order chi connectivity index (χ1) is 11.8. The molecule has 0 saturated carbocycles. The fourth-order valence-electron chi connectivity index (χ4n) is 2.91. The molecule has 1 aliphatic rings. The molecule has 2 rings (SSSR count). The molecule has 1 saturated heterocycles. The number of amides is 1. The molecule has 0 bridgehead atoms. The molecule has 2 N–H and O–H groups in total. The molecule has 1 aromatic carbocycles. The van der Waals surface area contributed by atoms with Crippen LogP contribution in [0.4, 0.5) is 0 Å². The Morgan fingerprint density at radius 1 is 1.24 bits per heavy atom. The van der Waals surface area contributed by atoms with Gasteiger partial charge in [0, 0.05) is 25.3 Å². The fourth-order valence-corrected chi connectivity index (χ4v) is 2.91. The number of hydrogen-bond donors (Lipinski definition) is 2. The second kappa shape index (κ2) is 8.34. The van der Waals surface area contributed by atoms with Crippen LogP contribution in [0.1, 0.15) is 44.0 Å². The molecule has 1 heterocycles. The van der Waals surface area contributed by atoms with Crippen LogP contribution in [0.2, 0.25) is 0 Å². The van der Waals surface area contributed by atoms with Crippen molar-refractivity contribution in [2.75, 3.05) is 19.8 Å². The molecule has 0 radical (unpaired) electrons. The van der Waals surface area contributed by atoms with Crippen LogP contribution in [-0.2, 0) is 9.53 Å². The van der Waals surface area contributed by atoms with E-state index in [4.69, 9.17) is 9.47 Å². The maximum absolute atomic E-state index is 12.3. The van der Waals surface area contributed by atoms with Crippen LogP contribution in [0.3, 0.4) is 0 Å². The number of rotatable bonds is 6. The highest BCUT2D eigenvalue weighted by Gasteiger charge is 2.30. The summed E-state index contributed by atoms with van der Waals surface area (Å²) < 4.78 is 11.0. The molecular weight excluding hydrogens is 322 g/mol. The van der Waals surface area contributed by atoms with Gasteiger partial charge in [-0.1, -0.05) is 0 Å². The quantitative estimate of drug-likeness (QED) is 0.825. The first-order valence-electron chi connectivity index (χ1n) is 8.64. The third-order valence-corrected chi connectivity index (χ3v) is 4.18. The van der Waals surface area contributed by atoms with Crippen LogP contribution in [-0.4, -0.2) is 42.3 Å². The number of hydrogen-bond acceptors (Lipinski definition) is 4. The van der Waals surface area contributed by atoms with Gasteiger partial charge in [-0.05, 0) is 63.8 Å². The Labute approximate surface area is 148 Å². The van der Waals surface area contributed by atoms with E-state index in [1.165, 1.54) is 0 Å². The normalized spacial score (nSPS) is 16.9. The molecule has 6 heteroatoms. The SMILES string of the molecule is CC(C)(C)Oc1ccc(C(=O)NCC(C(=O)O)C2CCOCC2)cc1. The Bertz CT molecular complexity index is 585. The van der Waals surface area contributed by atoms with Gasteiger partial charge in [0.15, 0.2) is 0 Å². The van der Waals surface area contributed by atoms with Crippen molar-refractivity contribution in [1.29, 1.82) is 0 Å². The van der Waals surface area contributed by atoms with Crippen molar-refractivity contribution in [2.24, 2.45) is 11.8 Å². The zero-order chi connectivity index (χ0) is 18.4. The largest absolute Gasteiger partial charge is 0.488 e. The Hall–Kier alpha value is -2.08. The average Bonchev–Trinajstić information content (AvgIpc) is 2.54. The van der Waals surface area contributed by atoms with Crippen molar-refractivity contribution in [3.8, 4) is 5.75 Å². The van der Waals surface area contributed by atoms with Crippen LogP contribution in [0.15, 0.2) is 24.3 Å². The van der Waals surface area contributed by atoms with Gasteiger partial charge in [0.1, 0.15) is 11.4 Å². The lowest BCUT2D eigenvalue weighted by Gasteiger charge is -2.27. The van der Waals surface area contributed by atoms with E-state index in [2.05, 4.69) is 5.32 Å². The van der Waals surface area contributed by atoms with E-state index in [0.29, 0.717) is 37.4 Å². The zero-order valence-electron chi connectivity index (χ0n) is 15.1. The van der Waals surface area contributed by atoms with Crippen molar-refractivity contribution in [1.82, 2.24) is 5.32 Å². The number of carboxylic acid groups (broad SMARTS) is 1. The minimum atomic E-state index is -0.874. The summed E-state index contributed by atoms with van der Waals surface area (Å²) in [5.41, 5.74) is 0.180. The molecule has 1 amide bonds. The average molecular weight is 349 g/mol. The summed E-state index contributed by atoms with van der Waals surface area (Å²) in [5.74, 6) is -1.01. The number of carboxylic acids is 1. The summed E-state index contributed by atoms with van der Waals surface area (Å²) >= 11 is 0. The van der Waals surface area contributed by atoms with E-state index >= 15 is 0 Å². The van der Waals surface area contributed by atoms with Crippen LogP contribution >= 0.6 is 0 Å². The maximum atomic E-state index is 12.3. The van der Waals surface area contributed by atoms with E-state index in [-0.39, 0.29) is 24.0 Å². The van der Waals surface area contributed by atoms with Crippen molar-refractivity contribution < 1.29 is 24.2 Å². The monoisotopic (exact) mass is 349 g/mol. The second-order valence-corrected chi connectivity index (χ2v) is 7.34. The molecule has 138 valence electrons. The second-order valence-electron chi connectivity index (χ2n) is 7.34. The Morgan fingerprint density at radius 3 is 2.36 bits per heavy atom. The van der Waals surface area contributed by atoms with Crippen LogP contribution in [0.5, 0.6) is 5.75 Å². The van der Waals surface area contributed by atoms with Crippen LogP contribution in [0, 0.1) is 11.8 Å². The van der Waals surface area contributed by atoms with E-state index in [0.717, 1.165) is 0 Å². The first kappa shape index (κ1) is 19.2. The summed E-state index contributed by atoms with van der Waals surface area (Å²) in [5, 5.41) is 12.2. The van der Waals surface area contributed by atoms with Gasteiger partial charge in [0.25, 0.3) is 5.91 Å². The van der Waals surface area contributed by atoms with Gasteiger partial charge < -0.3 is 19.9 Å². The number of carbonyl (C=O) groups excluding carboxylic acids is 1. The predicted molar refractivity (Wildman–Crippen MR) is 93.8 cm³/mol. The van der Waals surface area contributed by atoms with Gasteiger partial charge in [-0.2, -0.15) is 0 Å². The minimum Gasteiger partial charge on any atom is -0.488 e. The molecular formula is C19H27NO5. The highest BCUT2D eigenvalue weighted by molar-refractivity contribution is 5.94. The van der Waals surface area contributed by atoms with E-state index in [1.807, 2.05) is 20.8 Å². The van der Waals surface area contributed by atoms with Gasteiger partial charge in [-0.25, -0.2) is 0 Å². The van der Waals surface area contributed by atoms with E-state index in [1.54, 1.807) is 24.3 Å². The highest BCUT2D eigenvalue weighted by Crippen LogP contribution is 2.24. The van der Waals surface area contributed by atoms with Gasteiger partial charge >= 0.3 is 5.97 Å². The highest BCUT2D eigenvalue weighted by atomic mass is 16.5. The molecule has 0 aliphatic carbocycles. The molecule has 1 atom stereocenters. The third-order valence-electron chi connectivity index (χ3n) is 4.18. The number of nitrogens with one attached hydrogen (secondary N) is 1. The number of benzene rings is 1. The van der Waals surface area contributed by atoms with Crippen LogP contribution in [0.25, 0.3) is 0 Å². The lowest BCUT2D eigenvalue weighted by molar-refractivity contribution is -0.144. The Morgan fingerprint density at radius 2 is 1.84 bits per heavy atom. The lowest BCUT2D eigenvalue weighted by Crippen LogP contribution is -2.39. The summed E-state index contributed by atoms with van der Waals surface area (Å²) in [6.45, 7) is 7.15. The maximum Gasteiger partial charge on any atom is 0.308 e. The topological polar surface area (TPSA) is 84.9 Å². The number of aliphatic carboxylic acids is 1. The predicted octanol–water partition coefficient (Wildman–Crippen LogP) is 2.72. The molecule has 1 aromatic rings. The van der Waals surface area contributed by atoms with Crippen molar-refractivity contribution in [3.05, 3.63) is 29.8 Å². The molecule has 1 fully saturated rings. The van der Waals surface area contributed by atoms with Gasteiger partial charge in [0.05, 0.1) is 5.92 Å². The smallest absolute Gasteiger partial charge is 0.308 e. The van der Waals surface area contributed by atoms with E-state index in [9.17, 15) is 14.7 Å². The van der Waals surface area contributed by atoms with Crippen LogP contribution < -0.4 is 10.1 Å². The molecule has 1 aliphatic heterocycles. The zero-order valence-corrected chi connectivity index (χ0v) is 15.1. The van der Waals surface area contributed by atoms with Gasteiger partial charge in [0.2, 0.25) is 0 Å². The molecule has 6 nitrogen and oxygen atoms in total. The molecule has 1 unspecified atom stereocenters. The van der Waals surface area contributed by atoms with Gasteiger partial charge in [-0.3, -0.25) is 9.59 Å². The fraction of sp³-hybridized carbons (Fsp3) is 0.579. The summed E-state index contributed by atoms with van der Waals surface area (Å²) in [6, 6.07) is 6.85. The summed E-state index contributed by atoms with van der Waals surface area (Å²) in [4.78, 5) is 23.8. The van der Waals surface area contributed by atoms with Gasteiger partial charge in [-0.15, -0.1) is 0 Å². The Balaban J connectivity index is 1.92. The third kappa shape index (κ3) is 6.05. The summed E-state index contributed by atoms with van der Waals surface area (Å²) in [6.07, 6.45) is 1.43. The van der Waals surface area contributed by atoms with E-state index < -0.39 is 11.9 Å². The standard InChI is InChI=1S/C19H27NO5/c1-19(2,3)25-15-6-4-14(5-7-15)17(21)20-12-16(18(22)23)13-8-10-24-11-9-13/h4-7,13,16H,8-12H2,1-3H3,(H,20,21)(H,22,23).